The summed E-state index contributed by atoms with van der Waals surface area (Å²) in [5.74, 6) is -0.932. The Labute approximate surface area is 166 Å². The monoisotopic (exact) mass is 433 g/mol. The summed E-state index contributed by atoms with van der Waals surface area (Å²) in [5, 5.41) is 12.8. The van der Waals surface area contributed by atoms with Gasteiger partial charge in [-0.15, -0.1) is 0 Å². The topological polar surface area (TPSA) is 55.8 Å². The predicted molar refractivity (Wildman–Crippen MR) is 112 cm³/mol. The second kappa shape index (κ2) is 8.05. The Morgan fingerprint density at radius 3 is 2.35 bits per heavy atom. The molecule has 1 aliphatic heterocycles. The van der Waals surface area contributed by atoms with Crippen LogP contribution in [0.25, 0.3) is 0 Å². The number of benzene rings is 2. The summed E-state index contributed by atoms with van der Waals surface area (Å²) >= 11 is 9.02. The average molecular weight is 434 g/mol. The molecule has 7 heteroatoms. The van der Waals surface area contributed by atoms with Crippen molar-refractivity contribution in [2.24, 2.45) is 0 Å². The molecule has 1 aliphatic rings. The van der Waals surface area contributed by atoms with E-state index in [2.05, 4.69) is 56.2 Å². The number of halogens is 1. The lowest BCUT2D eigenvalue weighted by Gasteiger charge is -2.38. The Morgan fingerprint density at radius 1 is 1.12 bits per heavy atom. The van der Waals surface area contributed by atoms with Gasteiger partial charge >= 0.3 is 5.97 Å². The minimum Gasteiger partial charge on any atom is -0.478 e. The number of aromatic carboxylic acids is 1. The normalized spacial score (nSPS) is 14.2. The minimum atomic E-state index is -0.932. The summed E-state index contributed by atoms with van der Waals surface area (Å²) in [6.45, 7) is 5.62. The molecule has 1 fully saturated rings. The summed E-state index contributed by atoms with van der Waals surface area (Å²) in [4.78, 5) is 15.4. The van der Waals surface area contributed by atoms with Gasteiger partial charge in [0.25, 0.3) is 0 Å². The highest BCUT2D eigenvalue weighted by molar-refractivity contribution is 9.10. The maximum absolute atomic E-state index is 10.9. The molecule has 136 valence electrons. The number of piperazine rings is 1. The van der Waals surface area contributed by atoms with Crippen molar-refractivity contribution in [2.45, 2.75) is 6.92 Å². The average Bonchev–Trinajstić information content (AvgIpc) is 2.62. The summed E-state index contributed by atoms with van der Waals surface area (Å²) in [7, 11) is 0. The molecule has 2 aromatic rings. The molecule has 26 heavy (non-hydrogen) atoms. The van der Waals surface area contributed by atoms with E-state index in [-0.39, 0.29) is 5.56 Å². The Morgan fingerprint density at radius 2 is 1.77 bits per heavy atom. The van der Waals surface area contributed by atoms with Crippen LogP contribution in [0.15, 0.2) is 46.9 Å². The summed E-state index contributed by atoms with van der Waals surface area (Å²) in [6.07, 6.45) is 0. The van der Waals surface area contributed by atoms with Crippen molar-refractivity contribution in [2.75, 3.05) is 36.4 Å². The van der Waals surface area contributed by atoms with E-state index in [4.69, 9.17) is 17.3 Å². The maximum atomic E-state index is 10.9. The first kappa shape index (κ1) is 18.7. The Hall–Kier alpha value is -2.12. The number of carboxylic acids is 1. The van der Waals surface area contributed by atoms with Crippen molar-refractivity contribution >= 4 is 50.6 Å². The second-order valence-corrected chi connectivity index (χ2v) is 7.52. The highest BCUT2D eigenvalue weighted by Gasteiger charge is 2.20. The molecule has 1 heterocycles. The zero-order valence-corrected chi connectivity index (χ0v) is 16.8. The molecular formula is C19H20BrN3O2S. The van der Waals surface area contributed by atoms with E-state index in [9.17, 15) is 4.79 Å². The first-order valence-corrected chi connectivity index (χ1v) is 9.54. The molecule has 0 saturated carbocycles. The summed E-state index contributed by atoms with van der Waals surface area (Å²) < 4.78 is 1.09. The molecule has 0 spiro atoms. The third kappa shape index (κ3) is 4.34. The van der Waals surface area contributed by atoms with Crippen LogP contribution >= 0.6 is 28.1 Å². The molecular weight excluding hydrogens is 414 g/mol. The molecule has 5 nitrogen and oxygen atoms in total. The fourth-order valence-electron chi connectivity index (χ4n) is 3.02. The lowest BCUT2D eigenvalue weighted by molar-refractivity contribution is 0.0697. The predicted octanol–water partition coefficient (Wildman–Crippen LogP) is 3.97. The zero-order chi connectivity index (χ0) is 18.7. The standard InChI is InChI=1S/C19H20BrN3O2S/c1-13-12-15(20)4-7-17(13)22-8-10-23(11-9-22)19(26)21-16-5-2-14(3-6-16)18(24)25/h2-7,12H,8-11H2,1H3,(H,21,26)(H,24,25). The van der Waals surface area contributed by atoms with Gasteiger partial charge in [-0.1, -0.05) is 15.9 Å². The molecule has 0 unspecified atom stereocenters. The van der Waals surface area contributed by atoms with E-state index in [1.807, 2.05) is 0 Å². The van der Waals surface area contributed by atoms with Gasteiger partial charge in [-0.3, -0.25) is 0 Å². The largest absolute Gasteiger partial charge is 0.478 e. The maximum Gasteiger partial charge on any atom is 0.335 e. The van der Waals surface area contributed by atoms with E-state index in [0.717, 1.165) is 36.3 Å². The zero-order valence-electron chi connectivity index (χ0n) is 14.4. The van der Waals surface area contributed by atoms with Gasteiger partial charge in [0.05, 0.1) is 5.56 Å². The molecule has 0 bridgehead atoms. The van der Waals surface area contributed by atoms with Crippen LogP contribution in [0.1, 0.15) is 15.9 Å². The van der Waals surface area contributed by atoms with Gasteiger partial charge in [-0.05, 0) is 67.2 Å². The van der Waals surface area contributed by atoms with Gasteiger partial charge in [0.2, 0.25) is 0 Å². The molecule has 0 aromatic heterocycles. The van der Waals surface area contributed by atoms with Crippen LogP contribution in [0.4, 0.5) is 11.4 Å². The number of carbonyl (C=O) groups is 1. The minimum absolute atomic E-state index is 0.264. The molecule has 2 aromatic carbocycles. The van der Waals surface area contributed by atoms with Crippen molar-refractivity contribution < 1.29 is 9.90 Å². The van der Waals surface area contributed by atoms with Gasteiger partial charge < -0.3 is 20.2 Å². The van der Waals surface area contributed by atoms with Crippen molar-refractivity contribution in [1.29, 1.82) is 0 Å². The lowest BCUT2D eigenvalue weighted by atomic mass is 10.1. The Bertz CT molecular complexity index is 818. The summed E-state index contributed by atoms with van der Waals surface area (Å²) in [6, 6.07) is 13.0. The molecule has 2 N–H and O–H groups in total. The van der Waals surface area contributed by atoms with Gasteiger partial charge in [0, 0.05) is 42.0 Å². The quantitative estimate of drug-likeness (QED) is 0.713. The number of nitrogens with one attached hydrogen (secondary N) is 1. The number of aryl methyl sites for hydroxylation is 1. The Kier molecular flexibility index (Phi) is 5.78. The highest BCUT2D eigenvalue weighted by Crippen LogP contribution is 2.25. The smallest absolute Gasteiger partial charge is 0.335 e. The van der Waals surface area contributed by atoms with Crippen LogP contribution in [0.5, 0.6) is 0 Å². The van der Waals surface area contributed by atoms with Crippen LogP contribution in [0, 0.1) is 6.92 Å². The van der Waals surface area contributed by atoms with Crippen LogP contribution in [-0.2, 0) is 0 Å². The number of nitrogens with zero attached hydrogens (tertiary/aromatic N) is 2. The van der Waals surface area contributed by atoms with Gasteiger partial charge in [0.1, 0.15) is 0 Å². The van der Waals surface area contributed by atoms with Crippen LogP contribution in [0.3, 0.4) is 0 Å². The molecule has 0 radical (unpaired) electrons. The van der Waals surface area contributed by atoms with E-state index < -0.39 is 5.97 Å². The molecule has 3 rings (SSSR count). The number of hydrogen-bond donors (Lipinski definition) is 2. The number of hydrogen-bond acceptors (Lipinski definition) is 3. The van der Waals surface area contributed by atoms with Gasteiger partial charge in [-0.2, -0.15) is 0 Å². The Balaban J connectivity index is 1.57. The molecule has 0 amide bonds. The van der Waals surface area contributed by atoms with Crippen molar-refractivity contribution in [1.82, 2.24) is 4.90 Å². The molecule has 1 saturated heterocycles. The van der Waals surface area contributed by atoms with Crippen molar-refractivity contribution in [3.8, 4) is 0 Å². The van der Waals surface area contributed by atoms with Crippen LogP contribution in [-0.4, -0.2) is 47.3 Å². The third-order valence-corrected chi connectivity index (χ3v) is 5.30. The van der Waals surface area contributed by atoms with Crippen LogP contribution < -0.4 is 10.2 Å². The van der Waals surface area contributed by atoms with E-state index in [0.29, 0.717) is 5.11 Å². The van der Waals surface area contributed by atoms with Crippen molar-refractivity contribution in [3.05, 3.63) is 58.1 Å². The number of rotatable bonds is 3. The van der Waals surface area contributed by atoms with Gasteiger partial charge in [-0.25, -0.2) is 4.79 Å². The second-order valence-electron chi connectivity index (χ2n) is 6.22. The first-order valence-electron chi connectivity index (χ1n) is 8.34. The number of carboxylic acid groups (broad SMARTS) is 1. The highest BCUT2D eigenvalue weighted by atomic mass is 79.9. The summed E-state index contributed by atoms with van der Waals surface area (Å²) in [5.41, 5.74) is 3.58. The first-order chi connectivity index (χ1) is 12.4. The third-order valence-electron chi connectivity index (χ3n) is 4.45. The van der Waals surface area contributed by atoms with Crippen LogP contribution in [0.2, 0.25) is 0 Å². The lowest BCUT2D eigenvalue weighted by Crippen LogP contribution is -2.50. The number of thiocarbonyl (C=S) groups is 1. The SMILES string of the molecule is Cc1cc(Br)ccc1N1CCN(C(=S)Nc2ccc(C(=O)O)cc2)CC1. The fourth-order valence-corrected chi connectivity index (χ4v) is 3.80. The fraction of sp³-hybridized carbons (Fsp3) is 0.263. The van der Waals surface area contributed by atoms with Gasteiger partial charge in [0.15, 0.2) is 5.11 Å². The molecule has 0 aliphatic carbocycles. The van der Waals surface area contributed by atoms with Crippen molar-refractivity contribution in [3.63, 3.8) is 0 Å². The number of anilines is 2. The molecule has 0 atom stereocenters. The van der Waals surface area contributed by atoms with E-state index >= 15 is 0 Å². The van der Waals surface area contributed by atoms with E-state index in [1.54, 1.807) is 24.3 Å². The van der Waals surface area contributed by atoms with E-state index in [1.165, 1.54) is 11.3 Å².